The van der Waals surface area contributed by atoms with Crippen LogP contribution in [0.2, 0.25) is 0 Å². The Balaban J connectivity index is 1.54. The van der Waals surface area contributed by atoms with Gasteiger partial charge in [-0.2, -0.15) is 0 Å². The molecule has 1 fully saturated rings. The number of methoxy groups -OCH3 is 1. The molecule has 0 bridgehead atoms. The van der Waals surface area contributed by atoms with Crippen LogP contribution < -0.4 is 15.4 Å². The monoisotopic (exact) mass is 413 g/mol. The lowest BCUT2D eigenvalue weighted by atomic mass is 9.74. The van der Waals surface area contributed by atoms with Gasteiger partial charge in [0, 0.05) is 49.4 Å². The van der Waals surface area contributed by atoms with Crippen LogP contribution in [0, 0.1) is 0 Å². The first-order valence-electron chi connectivity index (χ1n) is 10.1. The fraction of sp³-hybridized carbons (Fsp3) is 0.435. The minimum atomic E-state index is 0.0426. The van der Waals surface area contributed by atoms with E-state index in [1.165, 1.54) is 10.5 Å². The van der Waals surface area contributed by atoms with Crippen molar-refractivity contribution >= 4 is 17.7 Å². The highest BCUT2D eigenvalue weighted by Crippen LogP contribution is 2.35. The lowest BCUT2D eigenvalue weighted by Crippen LogP contribution is -2.48. The standard InChI is InChI=1S/C23H31N3O2S/c1-24-22(25-14-17-29-21-6-4-3-5-7-21)26-18-23(12-15-28-16-13-23)19-8-10-20(27-2)11-9-19/h3-11H,12-18H2,1-2H3,(H2,24,25,26). The summed E-state index contributed by atoms with van der Waals surface area (Å²) in [6, 6.07) is 18.9. The summed E-state index contributed by atoms with van der Waals surface area (Å²) in [5.41, 5.74) is 1.37. The van der Waals surface area contributed by atoms with Gasteiger partial charge in [0.15, 0.2) is 5.96 Å². The summed E-state index contributed by atoms with van der Waals surface area (Å²) in [5.74, 6) is 2.72. The third kappa shape index (κ3) is 6.15. The van der Waals surface area contributed by atoms with Gasteiger partial charge in [-0.05, 0) is 42.7 Å². The number of thioether (sulfide) groups is 1. The smallest absolute Gasteiger partial charge is 0.191 e. The van der Waals surface area contributed by atoms with Gasteiger partial charge in [-0.1, -0.05) is 30.3 Å². The zero-order valence-electron chi connectivity index (χ0n) is 17.3. The largest absolute Gasteiger partial charge is 0.497 e. The molecule has 2 N–H and O–H groups in total. The molecule has 5 nitrogen and oxygen atoms in total. The quantitative estimate of drug-likeness (QED) is 0.299. The highest BCUT2D eigenvalue weighted by Gasteiger charge is 2.34. The van der Waals surface area contributed by atoms with Crippen molar-refractivity contribution in [2.45, 2.75) is 23.2 Å². The third-order valence-corrected chi connectivity index (χ3v) is 6.39. The van der Waals surface area contributed by atoms with E-state index in [4.69, 9.17) is 9.47 Å². The van der Waals surface area contributed by atoms with Gasteiger partial charge < -0.3 is 20.1 Å². The first-order chi connectivity index (χ1) is 14.3. The molecule has 0 aromatic heterocycles. The molecule has 0 spiro atoms. The Kier molecular flexibility index (Phi) is 8.25. The Morgan fingerprint density at radius 3 is 2.45 bits per heavy atom. The van der Waals surface area contributed by atoms with E-state index < -0.39 is 0 Å². The normalized spacial score (nSPS) is 16.3. The van der Waals surface area contributed by atoms with E-state index in [0.717, 1.165) is 56.6 Å². The lowest BCUT2D eigenvalue weighted by molar-refractivity contribution is 0.0513. The van der Waals surface area contributed by atoms with E-state index in [-0.39, 0.29) is 5.41 Å². The van der Waals surface area contributed by atoms with Gasteiger partial charge in [0.1, 0.15) is 5.75 Å². The van der Waals surface area contributed by atoms with E-state index in [9.17, 15) is 0 Å². The SMILES string of the molecule is CN=C(NCCSc1ccccc1)NCC1(c2ccc(OC)cc2)CCOCC1. The Morgan fingerprint density at radius 2 is 1.79 bits per heavy atom. The number of rotatable bonds is 8. The van der Waals surface area contributed by atoms with Gasteiger partial charge in [-0.25, -0.2) is 0 Å². The predicted molar refractivity (Wildman–Crippen MR) is 121 cm³/mol. The van der Waals surface area contributed by atoms with Gasteiger partial charge in [-0.3, -0.25) is 4.99 Å². The van der Waals surface area contributed by atoms with Crippen molar-refractivity contribution in [3.8, 4) is 5.75 Å². The van der Waals surface area contributed by atoms with Gasteiger partial charge in [0.05, 0.1) is 7.11 Å². The van der Waals surface area contributed by atoms with Crippen molar-refractivity contribution in [1.29, 1.82) is 0 Å². The van der Waals surface area contributed by atoms with Gasteiger partial charge >= 0.3 is 0 Å². The molecule has 1 heterocycles. The Morgan fingerprint density at radius 1 is 1.07 bits per heavy atom. The average molecular weight is 414 g/mol. The zero-order valence-corrected chi connectivity index (χ0v) is 18.1. The number of hydrogen-bond acceptors (Lipinski definition) is 4. The first-order valence-corrected chi connectivity index (χ1v) is 11.1. The highest BCUT2D eigenvalue weighted by molar-refractivity contribution is 7.99. The summed E-state index contributed by atoms with van der Waals surface area (Å²) in [6.45, 7) is 3.26. The number of hydrogen-bond donors (Lipinski definition) is 2. The summed E-state index contributed by atoms with van der Waals surface area (Å²) in [5, 5.41) is 6.98. The molecule has 156 valence electrons. The molecule has 29 heavy (non-hydrogen) atoms. The third-order valence-electron chi connectivity index (χ3n) is 5.38. The van der Waals surface area contributed by atoms with E-state index in [0.29, 0.717) is 0 Å². The number of benzene rings is 2. The fourth-order valence-electron chi connectivity index (χ4n) is 3.60. The van der Waals surface area contributed by atoms with Gasteiger partial charge in [0.25, 0.3) is 0 Å². The maximum Gasteiger partial charge on any atom is 0.191 e. The number of nitrogens with one attached hydrogen (secondary N) is 2. The van der Waals surface area contributed by atoms with Crippen molar-refractivity contribution in [1.82, 2.24) is 10.6 Å². The van der Waals surface area contributed by atoms with Crippen LogP contribution in [0.3, 0.4) is 0 Å². The van der Waals surface area contributed by atoms with E-state index >= 15 is 0 Å². The van der Waals surface area contributed by atoms with Crippen molar-refractivity contribution < 1.29 is 9.47 Å². The number of nitrogens with zero attached hydrogens (tertiary/aromatic N) is 1. The molecule has 0 unspecified atom stereocenters. The Labute approximate surface area is 178 Å². The molecular weight excluding hydrogens is 382 g/mol. The minimum Gasteiger partial charge on any atom is -0.497 e. The number of ether oxygens (including phenoxy) is 2. The van der Waals surface area contributed by atoms with Crippen LogP contribution >= 0.6 is 11.8 Å². The number of aliphatic imine (C=N–C) groups is 1. The predicted octanol–water partition coefficient (Wildman–Crippen LogP) is 3.70. The maximum absolute atomic E-state index is 5.64. The molecule has 3 rings (SSSR count). The second-order valence-corrected chi connectivity index (χ2v) is 8.30. The topological polar surface area (TPSA) is 54.9 Å². The van der Waals surface area contributed by atoms with Gasteiger partial charge in [-0.15, -0.1) is 11.8 Å². The lowest BCUT2D eigenvalue weighted by Gasteiger charge is -2.38. The summed E-state index contributed by atoms with van der Waals surface area (Å²) >= 11 is 1.84. The fourth-order valence-corrected chi connectivity index (χ4v) is 4.39. The van der Waals surface area contributed by atoms with Gasteiger partial charge in [0.2, 0.25) is 0 Å². The molecule has 6 heteroatoms. The zero-order chi connectivity index (χ0) is 20.4. The second kappa shape index (κ2) is 11.1. The van der Waals surface area contributed by atoms with Crippen LogP contribution in [0.25, 0.3) is 0 Å². The van der Waals surface area contributed by atoms with Crippen LogP contribution in [0.1, 0.15) is 18.4 Å². The second-order valence-electron chi connectivity index (χ2n) is 7.14. The summed E-state index contributed by atoms with van der Waals surface area (Å²) in [7, 11) is 3.52. The molecule has 2 aromatic carbocycles. The Bertz CT molecular complexity index is 759. The Hall–Kier alpha value is -2.18. The van der Waals surface area contributed by atoms with Crippen molar-refractivity contribution in [2.75, 3.05) is 46.2 Å². The summed E-state index contributed by atoms with van der Waals surface area (Å²) in [6.07, 6.45) is 1.99. The van der Waals surface area contributed by atoms with Crippen LogP contribution in [0.15, 0.2) is 64.5 Å². The van der Waals surface area contributed by atoms with E-state index in [2.05, 4.69) is 52.0 Å². The van der Waals surface area contributed by atoms with Crippen LogP contribution in [0.5, 0.6) is 5.75 Å². The van der Waals surface area contributed by atoms with Crippen LogP contribution in [-0.2, 0) is 10.2 Å². The highest BCUT2D eigenvalue weighted by atomic mass is 32.2. The molecule has 1 aliphatic heterocycles. The summed E-state index contributed by atoms with van der Waals surface area (Å²) < 4.78 is 11.0. The maximum atomic E-state index is 5.64. The van der Waals surface area contributed by atoms with E-state index in [1.807, 2.05) is 37.0 Å². The summed E-state index contributed by atoms with van der Waals surface area (Å²) in [4.78, 5) is 5.69. The minimum absolute atomic E-state index is 0.0426. The molecule has 1 saturated heterocycles. The average Bonchev–Trinajstić information content (AvgIpc) is 2.80. The molecule has 0 atom stereocenters. The van der Waals surface area contributed by atoms with Crippen molar-refractivity contribution in [3.63, 3.8) is 0 Å². The van der Waals surface area contributed by atoms with Crippen molar-refractivity contribution in [2.24, 2.45) is 4.99 Å². The molecule has 2 aromatic rings. The molecule has 0 aliphatic carbocycles. The number of guanidine groups is 1. The van der Waals surface area contributed by atoms with Crippen LogP contribution in [-0.4, -0.2) is 52.2 Å². The van der Waals surface area contributed by atoms with Crippen LogP contribution in [0.4, 0.5) is 0 Å². The molecule has 0 radical (unpaired) electrons. The van der Waals surface area contributed by atoms with E-state index in [1.54, 1.807) is 7.11 Å². The molecule has 0 saturated carbocycles. The molecule has 1 aliphatic rings. The van der Waals surface area contributed by atoms with Crippen molar-refractivity contribution in [3.05, 3.63) is 60.2 Å². The first kappa shape index (κ1) is 21.5. The molecular formula is C23H31N3O2S. The molecule has 0 amide bonds.